The minimum Gasteiger partial charge on any atom is -0.492 e. The van der Waals surface area contributed by atoms with E-state index in [0.717, 1.165) is 16.6 Å². The first kappa shape index (κ1) is 21.2. The maximum absolute atomic E-state index is 12.5. The number of anilines is 1. The third-order valence-corrected chi connectivity index (χ3v) is 5.75. The van der Waals surface area contributed by atoms with Gasteiger partial charge in [0, 0.05) is 16.5 Å². The first-order valence-electron chi connectivity index (χ1n) is 9.53. The van der Waals surface area contributed by atoms with Gasteiger partial charge < -0.3 is 10.1 Å². The molecule has 4 aromatic rings. The van der Waals surface area contributed by atoms with E-state index in [0.29, 0.717) is 28.1 Å². The maximum Gasteiger partial charge on any atom is 0.257 e. The molecule has 0 radical (unpaired) electrons. The molecule has 1 heterocycles. The monoisotopic (exact) mass is 467 g/mol. The van der Waals surface area contributed by atoms with Crippen molar-refractivity contribution in [1.29, 1.82) is 0 Å². The lowest BCUT2D eigenvalue weighted by atomic mass is 10.1. The van der Waals surface area contributed by atoms with Crippen LogP contribution >= 0.6 is 35.2 Å². The van der Waals surface area contributed by atoms with Gasteiger partial charge in [0.1, 0.15) is 5.75 Å². The Bertz CT molecular complexity index is 1270. The number of thiazole rings is 1. The number of carbonyl (C=O) groups is 1. The zero-order valence-corrected chi connectivity index (χ0v) is 18.9. The second-order valence-electron chi connectivity index (χ2n) is 6.59. The van der Waals surface area contributed by atoms with Gasteiger partial charge in [0.15, 0.2) is 10.2 Å². The molecule has 1 amide bonds. The van der Waals surface area contributed by atoms with E-state index in [1.165, 1.54) is 16.7 Å². The van der Waals surface area contributed by atoms with Crippen molar-refractivity contribution in [2.75, 3.05) is 11.9 Å². The molecule has 2 N–H and O–H groups in total. The summed E-state index contributed by atoms with van der Waals surface area (Å²) < 4.78 is 5.39. The van der Waals surface area contributed by atoms with Crippen LogP contribution in [0.2, 0.25) is 5.02 Å². The Hall–Kier alpha value is -3.00. The number of nitrogens with zero attached hydrogens (tertiary/aromatic N) is 1. The molecule has 4 rings (SSSR count). The third kappa shape index (κ3) is 5.02. The van der Waals surface area contributed by atoms with Crippen LogP contribution in [0, 0.1) is 0 Å². The Morgan fingerprint density at radius 3 is 2.71 bits per heavy atom. The highest BCUT2D eigenvalue weighted by molar-refractivity contribution is 7.80. The van der Waals surface area contributed by atoms with Crippen molar-refractivity contribution < 1.29 is 9.53 Å². The normalized spacial score (nSPS) is 10.6. The van der Waals surface area contributed by atoms with Crippen molar-refractivity contribution >= 4 is 62.1 Å². The van der Waals surface area contributed by atoms with E-state index in [2.05, 4.69) is 39.9 Å². The van der Waals surface area contributed by atoms with Crippen molar-refractivity contribution in [3.8, 4) is 17.0 Å². The van der Waals surface area contributed by atoms with E-state index < -0.39 is 0 Å². The van der Waals surface area contributed by atoms with E-state index in [4.69, 9.17) is 28.6 Å². The summed E-state index contributed by atoms with van der Waals surface area (Å²) in [6, 6.07) is 19.2. The number of nitrogens with one attached hydrogen (secondary N) is 2. The van der Waals surface area contributed by atoms with Crippen molar-refractivity contribution in [3.05, 3.63) is 76.6 Å². The van der Waals surface area contributed by atoms with Crippen LogP contribution in [0.4, 0.5) is 5.13 Å². The lowest BCUT2D eigenvalue weighted by Crippen LogP contribution is -2.34. The van der Waals surface area contributed by atoms with Crippen molar-refractivity contribution in [1.82, 2.24) is 10.3 Å². The van der Waals surface area contributed by atoms with Crippen LogP contribution in [0.3, 0.4) is 0 Å². The molecule has 0 unspecified atom stereocenters. The van der Waals surface area contributed by atoms with E-state index in [-0.39, 0.29) is 11.0 Å². The molecular weight excluding hydrogens is 450 g/mol. The summed E-state index contributed by atoms with van der Waals surface area (Å²) in [5, 5.41) is 11.0. The average molecular weight is 468 g/mol. The van der Waals surface area contributed by atoms with Crippen LogP contribution < -0.4 is 15.4 Å². The van der Waals surface area contributed by atoms with E-state index in [1.54, 1.807) is 18.2 Å². The maximum atomic E-state index is 12.5. The molecule has 31 heavy (non-hydrogen) atoms. The fourth-order valence-electron chi connectivity index (χ4n) is 3.03. The summed E-state index contributed by atoms with van der Waals surface area (Å²) in [5.41, 5.74) is 2.24. The number of aromatic nitrogens is 1. The predicted molar refractivity (Wildman–Crippen MR) is 131 cm³/mol. The second kappa shape index (κ2) is 9.43. The smallest absolute Gasteiger partial charge is 0.257 e. The van der Waals surface area contributed by atoms with Crippen molar-refractivity contribution in [2.24, 2.45) is 0 Å². The number of fused-ring (bicyclic) bond motifs is 1. The van der Waals surface area contributed by atoms with Crippen LogP contribution in [0.25, 0.3) is 22.0 Å². The molecule has 0 spiro atoms. The summed E-state index contributed by atoms with van der Waals surface area (Å²) in [6.07, 6.45) is 0. The molecule has 0 saturated heterocycles. The topological polar surface area (TPSA) is 63.2 Å². The quantitative estimate of drug-likeness (QED) is 0.345. The molecule has 156 valence electrons. The molecule has 1 aromatic heterocycles. The van der Waals surface area contributed by atoms with Crippen molar-refractivity contribution in [3.63, 3.8) is 0 Å². The molecule has 8 heteroatoms. The number of rotatable bonds is 5. The summed E-state index contributed by atoms with van der Waals surface area (Å²) in [4.78, 5) is 17.0. The summed E-state index contributed by atoms with van der Waals surface area (Å²) in [5.74, 6) is 0.166. The number of thiocarbonyl (C=S) groups is 1. The van der Waals surface area contributed by atoms with E-state index >= 15 is 0 Å². The van der Waals surface area contributed by atoms with Crippen LogP contribution in [0.5, 0.6) is 5.75 Å². The number of hydrogen-bond donors (Lipinski definition) is 2. The number of ether oxygens (including phenoxy) is 1. The van der Waals surface area contributed by atoms with Gasteiger partial charge in [-0.05, 0) is 54.2 Å². The number of hydrogen-bond acceptors (Lipinski definition) is 5. The molecular formula is C23H18ClN3O2S2. The van der Waals surface area contributed by atoms with Gasteiger partial charge in [-0.15, -0.1) is 11.3 Å². The summed E-state index contributed by atoms with van der Waals surface area (Å²) in [6.45, 7) is 2.36. The van der Waals surface area contributed by atoms with Crippen LogP contribution in [0.1, 0.15) is 17.3 Å². The summed E-state index contributed by atoms with van der Waals surface area (Å²) in [7, 11) is 0. The molecule has 0 saturated carbocycles. The molecule has 5 nitrogen and oxygen atoms in total. The lowest BCUT2D eigenvalue weighted by molar-refractivity contribution is 0.0977. The van der Waals surface area contributed by atoms with Crippen LogP contribution in [0.15, 0.2) is 66.0 Å². The highest BCUT2D eigenvalue weighted by Gasteiger charge is 2.12. The fraction of sp³-hybridized carbons (Fsp3) is 0.0870. The zero-order valence-electron chi connectivity index (χ0n) is 16.5. The van der Waals surface area contributed by atoms with Crippen LogP contribution in [-0.2, 0) is 0 Å². The Labute approximate surface area is 194 Å². The molecule has 0 bridgehead atoms. The minimum atomic E-state index is -0.367. The first-order valence-corrected chi connectivity index (χ1v) is 11.2. The van der Waals surface area contributed by atoms with Gasteiger partial charge in [0.05, 0.1) is 17.3 Å². The number of carbonyl (C=O) groups excluding carboxylic acids is 1. The van der Waals surface area contributed by atoms with E-state index in [1.807, 2.05) is 30.5 Å². The first-order chi connectivity index (χ1) is 15.0. The molecule has 0 fully saturated rings. The zero-order chi connectivity index (χ0) is 21.8. The van der Waals surface area contributed by atoms with Gasteiger partial charge in [-0.2, -0.15) is 0 Å². The minimum absolute atomic E-state index is 0.161. The molecule has 0 aliphatic carbocycles. The fourth-order valence-corrected chi connectivity index (χ4v) is 4.24. The SMILES string of the molecule is CCOc1ccc(C(=O)NC(=S)Nc2nc(-c3ccc4ccccc4c3)cs2)cc1Cl. The van der Waals surface area contributed by atoms with Crippen LogP contribution in [-0.4, -0.2) is 22.6 Å². The summed E-state index contributed by atoms with van der Waals surface area (Å²) >= 11 is 12.8. The Kier molecular flexibility index (Phi) is 6.46. The Morgan fingerprint density at radius 1 is 1.13 bits per heavy atom. The molecule has 0 aliphatic heterocycles. The third-order valence-electron chi connectivity index (χ3n) is 4.49. The van der Waals surface area contributed by atoms with Gasteiger partial charge in [0.2, 0.25) is 0 Å². The number of halogens is 1. The highest BCUT2D eigenvalue weighted by atomic mass is 35.5. The molecule has 0 aliphatic rings. The largest absolute Gasteiger partial charge is 0.492 e. The number of benzene rings is 3. The second-order valence-corrected chi connectivity index (χ2v) is 8.26. The highest BCUT2D eigenvalue weighted by Crippen LogP contribution is 2.28. The molecule has 3 aromatic carbocycles. The predicted octanol–water partition coefficient (Wildman–Crippen LogP) is 6.14. The van der Waals surface area contributed by atoms with Gasteiger partial charge in [0.25, 0.3) is 5.91 Å². The van der Waals surface area contributed by atoms with Gasteiger partial charge in [-0.1, -0.05) is 48.0 Å². The standard InChI is InChI=1S/C23H18ClN3O2S2/c1-2-29-20-10-9-17(12-18(20)24)21(28)26-22(30)27-23-25-19(13-31-23)16-8-7-14-5-3-4-6-15(14)11-16/h3-13H,2H2,1H3,(H2,25,26,27,28,30). The molecule has 0 atom stereocenters. The van der Waals surface area contributed by atoms with Gasteiger partial charge in [-0.3, -0.25) is 10.1 Å². The van der Waals surface area contributed by atoms with Crippen molar-refractivity contribution in [2.45, 2.75) is 6.92 Å². The van der Waals surface area contributed by atoms with Gasteiger partial charge in [-0.25, -0.2) is 4.98 Å². The lowest BCUT2D eigenvalue weighted by Gasteiger charge is -2.09. The van der Waals surface area contributed by atoms with Gasteiger partial charge >= 0.3 is 0 Å². The average Bonchev–Trinajstić information content (AvgIpc) is 3.23. The van der Waals surface area contributed by atoms with E-state index in [9.17, 15) is 4.79 Å². The number of amides is 1. The Morgan fingerprint density at radius 2 is 1.94 bits per heavy atom. The Balaban J connectivity index is 1.41.